The number of unbranched alkanes of at least 4 members (excludes halogenated alkanes) is 1. The van der Waals surface area contributed by atoms with E-state index in [-0.39, 0.29) is 6.42 Å². The third kappa shape index (κ3) is 11.0. The third-order valence-corrected chi connectivity index (χ3v) is 4.63. The summed E-state index contributed by atoms with van der Waals surface area (Å²) in [5.74, 6) is -5.49. The molecular formula is C19H35N5O8. The minimum atomic E-state index is -1.51. The molecule has 0 spiro atoms. The van der Waals surface area contributed by atoms with Gasteiger partial charge in [0, 0.05) is 6.42 Å². The smallest absolute Gasteiger partial charge is 0.326 e. The Balaban J connectivity index is 5.23. The van der Waals surface area contributed by atoms with Crippen molar-refractivity contribution in [3.05, 3.63) is 0 Å². The maximum absolute atomic E-state index is 12.6. The van der Waals surface area contributed by atoms with Gasteiger partial charge < -0.3 is 42.7 Å². The minimum Gasteiger partial charge on any atom is -0.481 e. The molecule has 0 aromatic heterocycles. The summed E-state index contributed by atoms with van der Waals surface area (Å²) in [5.41, 5.74) is 11.2. The number of hydrogen-bond acceptors (Lipinski definition) is 8. The number of carbonyl (C=O) groups is 5. The lowest BCUT2D eigenvalue weighted by molar-refractivity contribution is -0.143. The molecule has 0 saturated heterocycles. The molecule has 0 bridgehead atoms. The van der Waals surface area contributed by atoms with E-state index in [1.165, 1.54) is 0 Å². The van der Waals surface area contributed by atoms with Crippen LogP contribution in [0.2, 0.25) is 0 Å². The van der Waals surface area contributed by atoms with Gasteiger partial charge in [0.2, 0.25) is 17.7 Å². The normalized spacial score (nSPS) is 14.7. The SMILES string of the molecule is CC(C)C(NC(=O)C(CO)NC(=O)C(CCC(=O)O)NC(=O)C(N)CCCCN)C(=O)O. The van der Waals surface area contributed by atoms with Gasteiger partial charge in [-0.3, -0.25) is 19.2 Å². The fraction of sp³-hybridized carbons (Fsp3) is 0.737. The van der Waals surface area contributed by atoms with Crippen LogP contribution in [0.1, 0.15) is 46.0 Å². The van der Waals surface area contributed by atoms with Gasteiger partial charge in [-0.1, -0.05) is 20.3 Å². The summed E-state index contributed by atoms with van der Waals surface area (Å²) < 4.78 is 0. The van der Waals surface area contributed by atoms with Gasteiger partial charge in [0.1, 0.15) is 18.1 Å². The van der Waals surface area contributed by atoms with E-state index >= 15 is 0 Å². The van der Waals surface area contributed by atoms with E-state index in [4.69, 9.17) is 16.6 Å². The van der Waals surface area contributed by atoms with Crippen molar-refractivity contribution in [1.82, 2.24) is 16.0 Å². The van der Waals surface area contributed by atoms with Crippen molar-refractivity contribution in [2.45, 2.75) is 70.1 Å². The Labute approximate surface area is 186 Å². The summed E-state index contributed by atoms with van der Waals surface area (Å²) in [6.07, 6.45) is 0.816. The average Bonchev–Trinajstić information content (AvgIpc) is 2.71. The zero-order chi connectivity index (χ0) is 24.8. The summed E-state index contributed by atoms with van der Waals surface area (Å²) in [5, 5.41) is 34.4. The van der Waals surface area contributed by atoms with Crippen LogP contribution < -0.4 is 27.4 Å². The summed E-state index contributed by atoms with van der Waals surface area (Å²) in [6, 6.07) is -5.03. The van der Waals surface area contributed by atoms with Crippen LogP contribution in [0.3, 0.4) is 0 Å². The maximum atomic E-state index is 12.6. The van der Waals surface area contributed by atoms with Gasteiger partial charge in [0.05, 0.1) is 12.6 Å². The second kappa shape index (κ2) is 15.1. The van der Waals surface area contributed by atoms with Gasteiger partial charge in [-0.15, -0.1) is 0 Å². The fourth-order valence-electron chi connectivity index (χ4n) is 2.69. The number of amides is 3. The number of carboxylic acids is 2. The molecule has 0 heterocycles. The molecule has 0 fully saturated rings. The van der Waals surface area contributed by atoms with Crippen molar-refractivity contribution in [2.24, 2.45) is 17.4 Å². The van der Waals surface area contributed by atoms with Crippen molar-refractivity contribution in [3.8, 4) is 0 Å². The summed E-state index contributed by atoms with van der Waals surface area (Å²) in [6.45, 7) is 2.72. The fourth-order valence-corrected chi connectivity index (χ4v) is 2.69. The zero-order valence-electron chi connectivity index (χ0n) is 18.4. The lowest BCUT2D eigenvalue weighted by Crippen LogP contribution is -2.58. The Kier molecular flexibility index (Phi) is 13.8. The van der Waals surface area contributed by atoms with Gasteiger partial charge >= 0.3 is 11.9 Å². The standard InChI is InChI=1S/C19H35N5O8/c1-10(2)15(19(31)32)24-18(30)13(9-25)23-17(29)12(6-7-14(26)27)22-16(28)11(21)5-3-4-8-20/h10-13,15,25H,3-9,20-21H2,1-2H3,(H,22,28)(H,23,29)(H,24,30)(H,26,27)(H,31,32). The van der Waals surface area contributed by atoms with Crippen molar-refractivity contribution in [3.63, 3.8) is 0 Å². The van der Waals surface area contributed by atoms with E-state index in [0.29, 0.717) is 25.8 Å². The lowest BCUT2D eigenvalue weighted by Gasteiger charge is -2.25. The quantitative estimate of drug-likeness (QED) is 0.112. The molecule has 0 rings (SSSR count). The van der Waals surface area contributed by atoms with Crippen LogP contribution in [-0.2, 0) is 24.0 Å². The second-order valence-corrected chi connectivity index (χ2v) is 7.70. The first-order valence-electron chi connectivity index (χ1n) is 10.4. The number of carboxylic acid groups (broad SMARTS) is 2. The number of nitrogens with two attached hydrogens (primary N) is 2. The third-order valence-electron chi connectivity index (χ3n) is 4.63. The van der Waals surface area contributed by atoms with E-state index in [2.05, 4.69) is 16.0 Å². The van der Waals surface area contributed by atoms with Gasteiger partial charge in [-0.25, -0.2) is 4.79 Å². The zero-order valence-corrected chi connectivity index (χ0v) is 18.4. The van der Waals surface area contributed by atoms with E-state index in [0.717, 1.165) is 0 Å². The highest BCUT2D eigenvalue weighted by atomic mass is 16.4. The number of nitrogens with one attached hydrogen (secondary N) is 3. The van der Waals surface area contributed by atoms with Crippen molar-refractivity contribution in [1.29, 1.82) is 0 Å². The minimum absolute atomic E-state index is 0.286. The molecule has 0 aliphatic heterocycles. The first-order valence-corrected chi connectivity index (χ1v) is 10.4. The highest BCUT2D eigenvalue weighted by Gasteiger charge is 2.31. The first kappa shape index (κ1) is 29.2. The molecule has 13 heteroatoms. The molecule has 13 nitrogen and oxygen atoms in total. The van der Waals surface area contributed by atoms with Gasteiger partial charge in [0.25, 0.3) is 0 Å². The molecule has 0 aliphatic carbocycles. The Bertz CT molecular complexity index is 658. The van der Waals surface area contributed by atoms with Crippen LogP contribution in [0, 0.1) is 5.92 Å². The van der Waals surface area contributed by atoms with Crippen LogP contribution in [0.15, 0.2) is 0 Å². The molecule has 0 aromatic carbocycles. The molecule has 4 atom stereocenters. The number of hydrogen-bond donors (Lipinski definition) is 8. The van der Waals surface area contributed by atoms with Crippen LogP contribution >= 0.6 is 0 Å². The predicted octanol–water partition coefficient (Wildman–Crippen LogP) is -2.51. The molecule has 10 N–H and O–H groups in total. The topological polar surface area (TPSA) is 234 Å². The van der Waals surface area contributed by atoms with Crippen molar-refractivity contribution in [2.75, 3.05) is 13.2 Å². The van der Waals surface area contributed by atoms with E-state index in [1.807, 2.05) is 0 Å². The Hall–Kier alpha value is -2.77. The Morgan fingerprint density at radius 1 is 0.844 bits per heavy atom. The van der Waals surface area contributed by atoms with Crippen LogP contribution in [0.5, 0.6) is 0 Å². The van der Waals surface area contributed by atoms with E-state index < -0.39 is 72.8 Å². The maximum Gasteiger partial charge on any atom is 0.326 e. The molecule has 3 amide bonds. The Morgan fingerprint density at radius 2 is 1.41 bits per heavy atom. The molecule has 4 unspecified atom stereocenters. The Morgan fingerprint density at radius 3 is 1.88 bits per heavy atom. The molecule has 184 valence electrons. The largest absolute Gasteiger partial charge is 0.481 e. The van der Waals surface area contributed by atoms with Crippen LogP contribution in [-0.4, -0.2) is 82.3 Å². The molecule has 0 aromatic rings. The van der Waals surface area contributed by atoms with Crippen LogP contribution in [0.25, 0.3) is 0 Å². The highest BCUT2D eigenvalue weighted by Crippen LogP contribution is 2.05. The summed E-state index contributed by atoms with van der Waals surface area (Å²) in [4.78, 5) is 59.4. The van der Waals surface area contributed by atoms with Crippen LogP contribution in [0.4, 0.5) is 0 Å². The summed E-state index contributed by atoms with van der Waals surface area (Å²) >= 11 is 0. The average molecular weight is 462 g/mol. The molecule has 0 radical (unpaired) electrons. The van der Waals surface area contributed by atoms with Gasteiger partial charge in [-0.05, 0) is 31.7 Å². The molecule has 0 saturated carbocycles. The number of aliphatic carboxylic acids is 2. The van der Waals surface area contributed by atoms with Gasteiger partial charge in [-0.2, -0.15) is 0 Å². The van der Waals surface area contributed by atoms with Gasteiger partial charge in [0.15, 0.2) is 0 Å². The van der Waals surface area contributed by atoms with E-state index in [1.54, 1.807) is 13.8 Å². The number of carbonyl (C=O) groups excluding carboxylic acids is 3. The highest BCUT2D eigenvalue weighted by molar-refractivity contribution is 5.94. The number of aliphatic hydroxyl groups excluding tert-OH is 1. The van der Waals surface area contributed by atoms with Crippen molar-refractivity contribution < 1.29 is 39.3 Å². The lowest BCUT2D eigenvalue weighted by atomic mass is 10.0. The monoisotopic (exact) mass is 461 g/mol. The number of rotatable bonds is 16. The van der Waals surface area contributed by atoms with E-state index in [9.17, 15) is 34.2 Å². The van der Waals surface area contributed by atoms with Crippen molar-refractivity contribution >= 4 is 29.7 Å². The number of aliphatic hydroxyl groups is 1. The molecule has 0 aliphatic rings. The summed E-state index contributed by atoms with van der Waals surface area (Å²) in [7, 11) is 0. The predicted molar refractivity (Wildman–Crippen MR) is 113 cm³/mol. The first-order chi connectivity index (χ1) is 14.9. The molecular weight excluding hydrogens is 426 g/mol. The molecule has 32 heavy (non-hydrogen) atoms. The second-order valence-electron chi connectivity index (χ2n) is 7.70.